The monoisotopic (exact) mass is 333 g/mol. The predicted molar refractivity (Wildman–Crippen MR) is 88.0 cm³/mol. The number of aromatic amines is 1. The predicted octanol–water partition coefficient (Wildman–Crippen LogP) is 3.45. The molecule has 0 saturated carbocycles. The number of piperazine rings is 1. The quantitative estimate of drug-likeness (QED) is 0.839. The lowest BCUT2D eigenvalue weighted by Gasteiger charge is -2.34. The van der Waals surface area contributed by atoms with Gasteiger partial charge in [0.05, 0.1) is 0 Å². The minimum atomic E-state index is 0.414. The number of rotatable bonds is 4. The van der Waals surface area contributed by atoms with Crippen molar-refractivity contribution >= 4 is 26.8 Å². The van der Waals surface area contributed by atoms with E-state index in [0.29, 0.717) is 6.04 Å². The lowest BCUT2D eigenvalue weighted by atomic mass is 10.0. The van der Waals surface area contributed by atoms with Crippen molar-refractivity contribution in [3.05, 3.63) is 47.1 Å². The first kappa shape index (κ1) is 13.9. The van der Waals surface area contributed by atoms with E-state index in [9.17, 15) is 0 Å². The molecule has 0 unspecified atom stereocenters. The molecule has 106 valence electrons. The van der Waals surface area contributed by atoms with Crippen molar-refractivity contribution in [3.63, 3.8) is 0 Å². The lowest BCUT2D eigenvalue weighted by Crippen LogP contribution is -2.45. The second-order valence-electron chi connectivity index (χ2n) is 5.26. The molecule has 0 radical (unpaired) electrons. The molecule has 1 atom stereocenters. The minimum absolute atomic E-state index is 0.414. The van der Waals surface area contributed by atoms with Gasteiger partial charge in [0.15, 0.2) is 0 Å². The van der Waals surface area contributed by atoms with Crippen LogP contribution < -0.4 is 5.32 Å². The summed E-state index contributed by atoms with van der Waals surface area (Å²) in [6.45, 7) is 8.27. The van der Waals surface area contributed by atoms with Crippen molar-refractivity contribution in [2.75, 3.05) is 26.2 Å². The molecule has 0 bridgehead atoms. The largest absolute Gasteiger partial charge is 0.361 e. The first-order valence-corrected chi connectivity index (χ1v) is 7.91. The van der Waals surface area contributed by atoms with Gasteiger partial charge in [-0.2, -0.15) is 0 Å². The second-order valence-corrected chi connectivity index (χ2v) is 6.18. The zero-order valence-electron chi connectivity index (χ0n) is 11.5. The average Bonchev–Trinajstić information content (AvgIpc) is 2.88. The SMILES string of the molecule is C=CC[C@@H](c1c[nH]c2ccc(Br)cc12)N1CCNCC1. The van der Waals surface area contributed by atoms with Gasteiger partial charge in [0, 0.05) is 53.8 Å². The number of benzene rings is 1. The van der Waals surface area contributed by atoms with E-state index in [4.69, 9.17) is 0 Å². The zero-order valence-corrected chi connectivity index (χ0v) is 13.1. The van der Waals surface area contributed by atoms with Gasteiger partial charge in [-0.05, 0) is 30.2 Å². The first-order chi connectivity index (χ1) is 9.79. The maximum absolute atomic E-state index is 3.94. The summed E-state index contributed by atoms with van der Waals surface area (Å²) in [5.41, 5.74) is 2.58. The fourth-order valence-electron chi connectivity index (χ4n) is 3.01. The Kier molecular flexibility index (Phi) is 4.24. The van der Waals surface area contributed by atoms with E-state index in [-0.39, 0.29) is 0 Å². The van der Waals surface area contributed by atoms with Crippen molar-refractivity contribution in [2.45, 2.75) is 12.5 Å². The topological polar surface area (TPSA) is 31.1 Å². The molecule has 1 aliphatic rings. The summed E-state index contributed by atoms with van der Waals surface area (Å²) in [6, 6.07) is 6.83. The number of nitrogens with zero attached hydrogens (tertiary/aromatic N) is 1. The van der Waals surface area contributed by atoms with Crippen molar-refractivity contribution in [1.29, 1.82) is 0 Å². The van der Waals surface area contributed by atoms with E-state index in [1.165, 1.54) is 16.5 Å². The van der Waals surface area contributed by atoms with Gasteiger partial charge in [0.25, 0.3) is 0 Å². The van der Waals surface area contributed by atoms with E-state index in [1.54, 1.807) is 0 Å². The molecule has 3 nitrogen and oxygen atoms in total. The molecule has 1 saturated heterocycles. The third-order valence-electron chi connectivity index (χ3n) is 4.02. The highest BCUT2D eigenvalue weighted by Crippen LogP contribution is 2.32. The number of H-pyrrole nitrogens is 1. The molecular formula is C16H20BrN3. The Labute approximate surface area is 128 Å². The molecule has 1 fully saturated rings. The summed E-state index contributed by atoms with van der Waals surface area (Å²) in [4.78, 5) is 5.95. The fourth-order valence-corrected chi connectivity index (χ4v) is 3.38. The standard InChI is InChI=1S/C16H20BrN3/c1-2-3-16(20-8-6-18-7-9-20)14-11-19-15-5-4-12(17)10-13(14)15/h2,4-5,10-11,16,18-19H,1,3,6-9H2/t16-/m0/s1. The van der Waals surface area contributed by atoms with Crippen LogP contribution in [0.25, 0.3) is 10.9 Å². The molecule has 4 heteroatoms. The molecule has 2 heterocycles. The second kappa shape index (κ2) is 6.12. The molecule has 0 amide bonds. The van der Waals surface area contributed by atoms with Crippen molar-refractivity contribution in [1.82, 2.24) is 15.2 Å². The first-order valence-electron chi connectivity index (χ1n) is 7.12. The van der Waals surface area contributed by atoms with Crippen LogP contribution in [-0.2, 0) is 0 Å². The van der Waals surface area contributed by atoms with Gasteiger partial charge in [-0.25, -0.2) is 0 Å². The van der Waals surface area contributed by atoms with E-state index < -0.39 is 0 Å². The van der Waals surface area contributed by atoms with Crippen LogP contribution in [0.2, 0.25) is 0 Å². The molecule has 0 aliphatic carbocycles. The van der Waals surface area contributed by atoms with Crippen LogP contribution in [0.1, 0.15) is 18.0 Å². The molecule has 0 spiro atoms. The van der Waals surface area contributed by atoms with Crippen LogP contribution in [0.3, 0.4) is 0 Å². The van der Waals surface area contributed by atoms with E-state index in [2.05, 4.69) is 62.1 Å². The van der Waals surface area contributed by atoms with Crippen LogP contribution >= 0.6 is 15.9 Å². The van der Waals surface area contributed by atoms with Gasteiger partial charge in [-0.15, -0.1) is 6.58 Å². The highest BCUT2D eigenvalue weighted by molar-refractivity contribution is 9.10. The van der Waals surface area contributed by atoms with E-state index in [1.807, 2.05) is 6.08 Å². The summed E-state index contributed by atoms with van der Waals surface area (Å²) in [5.74, 6) is 0. The van der Waals surface area contributed by atoms with Gasteiger partial charge in [-0.3, -0.25) is 4.90 Å². The van der Waals surface area contributed by atoms with Crippen LogP contribution in [0.4, 0.5) is 0 Å². The Balaban J connectivity index is 1.99. The normalized spacial score (nSPS) is 18.2. The highest BCUT2D eigenvalue weighted by atomic mass is 79.9. The number of halogens is 1. The third-order valence-corrected chi connectivity index (χ3v) is 4.51. The fraction of sp³-hybridized carbons (Fsp3) is 0.375. The molecule has 2 N–H and O–H groups in total. The Morgan fingerprint density at radius 3 is 2.90 bits per heavy atom. The minimum Gasteiger partial charge on any atom is -0.361 e. The molecule has 1 aliphatic heterocycles. The van der Waals surface area contributed by atoms with Crippen molar-refractivity contribution in [3.8, 4) is 0 Å². The number of aromatic nitrogens is 1. The zero-order chi connectivity index (χ0) is 13.9. The summed E-state index contributed by atoms with van der Waals surface area (Å²) in [5, 5.41) is 4.73. The summed E-state index contributed by atoms with van der Waals surface area (Å²) >= 11 is 3.58. The molecule has 1 aromatic heterocycles. The smallest absolute Gasteiger partial charge is 0.0458 e. The summed E-state index contributed by atoms with van der Waals surface area (Å²) in [6.07, 6.45) is 5.18. The summed E-state index contributed by atoms with van der Waals surface area (Å²) < 4.78 is 1.13. The van der Waals surface area contributed by atoms with Crippen LogP contribution in [0, 0.1) is 0 Å². The number of hydrogen-bond acceptors (Lipinski definition) is 2. The average molecular weight is 334 g/mol. The molecule has 3 rings (SSSR count). The van der Waals surface area contributed by atoms with Crippen LogP contribution in [0.5, 0.6) is 0 Å². The Hall–Kier alpha value is -1.10. The number of hydrogen-bond donors (Lipinski definition) is 2. The van der Waals surface area contributed by atoms with E-state index >= 15 is 0 Å². The summed E-state index contributed by atoms with van der Waals surface area (Å²) in [7, 11) is 0. The molecule has 20 heavy (non-hydrogen) atoms. The third kappa shape index (κ3) is 2.68. The van der Waals surface area contributed by atoms with Gasteiger partial charge in [0.2, 0.25) is 0 Å². The number of fused-ring (bicyclic) bond motifs is 1. The van der Waals surface area contributed by atoms with Gasteiger partial charge in [0.1, 0.15) is 0 Å². The van der Waals surface area contributed by atoms with Crippen molar-refractivity contribution in [2.24, 2.45) is 0 Å². The maximum Gasteiger partial charge on any atom is 0.0458 e. The lowest BCUT2D eigenvalue weighted by molar-refractivity contribution is 0.175. The number of nitrogens with one attached hydrogen (secondary N) is 2. The highest BCUT2D eigenvalue weighted by Gasteiger charge is 2.23. The molecular weight excluding hydrogens is 314 g/mol. The Bertz CT molecular complexity index is 599. The Morgan fingerprint density at radius 1 is 1.35 bits per heavy atom. The Morgan fingerprint density at radius 2 is 2.15 bits per heavy atom. The molecule has 1 aromatic carbocycles. The van der Waals surface area contributed by atoms with Gasteiger partial charge in [-0.1, -0.05) is 22.0 Å². The van der Waals surface area contributed by atoms with E-state index in [0.717, 1.165) is 37.1 Å². The molecule has 2 aromatic rings. The maximum atomic E-state index is 3.94. The van der Waals surface area contributed by atoms with Crippen LogP contribution in [0.15, 0.2) is 41.5 Å². The van der Waals surface area contributed by atoms with Crippen molar-refractivity contribution < 1.29 is 0 Å². The van der Waals surface area contributed by atoms with Crippen LogP contribution in [-0.4, -0.2) is 36.1 Å². The van der Waals surface area contributed by atoms with Gasteiger partial charge >= 0.3 is 0 Å². The van der Waals surface area contributed by atoms with Gasteiger partial charge < -0.3 is 10.3 Å².